The van der Waals surface area contributed by atoms with Gasteiger partial charge >= 0.3 is 0 Å². The highest BCUT2D eigenvalue weighted by molar-refractivity contribution is 14.1. The molecule has 2 unspecified atom stereocenters. The van der Waals surface area contributed by atoms with E-state index in [2.05, 4.69) is 27.9 Å². The monoisotopic (exact) mass is 257 g/mol. The Morgan fingerprint density at radius 3 is 3.10 bits per heavy atom. The number of alkyl halides is 1. The van der Waals surface area contributed by atoms with Crippen molar-refractivity contribution in [3.63, 3.8) is 0 Å². The first-order valence-electron chi connectivity index (χ1n) is 3.32. The van der Waals surface area contributed by atoms with Gasteiger partial charge in [-0.1, -0.05) is 0 Å². The van der Waals surface area contributed by atoms with Crippen LogP contribution in [0.3, 0.4) is 0 Å². The molecule has 60 valence electrons. The Labute approximate surface area is 74.6 Å². The summed E-state index contributed by atoms with van der Waals surface area (Å²) in [5.74, 6) is 0. The molecule has 0 aromatic heterocycles. The average Bonchev–Trinajstić information content (AvgIpc) is 2.14. The molecule has 1 heterocycles. The summed E-state index contributed by atoms with van der Waals surface area (Å²) in [6, 6.07) is 0. The maximum atomic E-state index is 5.41. The fraction of sp³-hybridized carbons (Fsp3) is 1.00. The second kappa shape index (κ2) is 4.48. The van der Waals surface area contributed by atoms with Gasteiger partial charge in [-0.05, 0) is 22.6 Å². The summed E-state index contributed by atoms with van der Waals surface area (Å²) >= 11 is 2.27. The molecular weight excluding hydrogens is 245 g/mol. The molecule has 10 heavy (non-hydrogen) atoms. The first-order chi connectivity index (χ1) is 4.83. The first kappa shape index (κ1) is 8.70. The summed E-state index contributed by atoms with van der Waals surface area (Å²) < 4.78 is 10.8. The number of ether oxygens (including phenoxy) is 2. The normalized spacial score (nSPS) is 35.4. The fourth-order valence-corrected chi connectivity index (χ4v) is 1.36. The molecule has 0 amide bonds. The van der Waals surface area contributed by atoms with Crippen molar-refractivity contribution in [2.24, 2.45) is 0 Å². The van der Waals surface area contributed by atoms with Crippen molar-refractivity contribution < 1.29 is 9.47 Å². The highest BCUT2D eigenvalue weighted by Gasteiger charge is 2.15. The number of methoxy groups -OCH3 is 1. The Morgan fingerprint density at radius 1 is 1.60 bits per heavy atom. The molecule has 4 heteroatoms. The topological polar surface area (TPSA) is 30.5 Å². The Balaban J connectivity index is 2.26. The molecule has 1 saturated heterocycles. The van der Waals surface area contributed by atoms with Gasteiger partial charge in [0.25, 0.3) is 0 Å². The molecule has 0 bridgehead atoms. The lowest BCUT2D eigenvalue weighted by Crippen LogP contribution is -2.28. The summed E-state index contributed by atoms with van der Waals surface area (Å²) in [7, 11) is 1.71. The van der Waals surface area contributed by atoms with Gasteiger partial charge in [0.05, 0.1) is 12.7 Å². The van der Waals surface area contributed by atoms with E-state index in [4.69, 9.17) is 9.47 Å². The number of hydrogen-bond donors (Lipinski definition) is 1. The Morgan fingerprint density at radius 2 is 2.40 bits per heavy atom. The van der Waals surface area contributed by atoms with E-state index in [-0.39, 0.29) is 10.2 Å². The predicted octanol–water partition coefficient (Wildman–Crippen LogP) is 0.382. The van der Waals surface area contributed by atoms with Gasteiger partial charge in [-0.25, -0.2) is 0 Å². The second-order valence-corrected chi connectivity index (χ2v) is 3.65. The van der Waals surface area contributed by atoms with Gasteiger partial charge in [0, 0.05) is 20.2 Å². The van der Waals surface area contributed by atoms with Gasteiger partial charge < -0.3 is 14.8 Å². The molecule has 1 aliphatic heterocycles. The smallest absolute Gasteiger partial charge is 0.121 e. The number of hydrogen-bond acceptors (Lipinski definition) is 3. The van der Waals surface area contributed by atoms with Crippen LogP contribution in [0.4, 0.5) is 0 Å². The van der Waals surface area contributed by atoms with E-state index in [1.165, 1.54) is 0 Å². The third kappa shape index (κ3) is 2.69. The number of rotatable bonds is 1. The van der Waals surface area contributed by atoms with E-state index in [9.17, 15) is 0 Å². The van der Waals surface area contributed by atoms with Crippen molar-refractivity contribution in [2.75, 3.05) is 26.8 Å². The van der Waals surface area contributed by atoms with Gasteiger partial charge in [-0.15, -0.1) is 0 Å². The van der Waals surface area contributed by atoms with E-state index < -0.39 is 0 Å². The van der Waals surface area contributed by atoms with Crippen molar-refractivity contribution in [3.8, 4) is 0 Å². The van der Waals surface area contributed by atoms with E-state index in [1.807, 2.05) is 0 Å². The Bertz CT molecular complexity index is 102. The quantitative estimate of drug-likeness (QED) is 0.544. The molecule has 0 aromatic carbocycles. The van der Waals surface area contributed by atoms with E-state index in [0.717, 1.165) is 13.1 Å². The van der Waals surface area contributed by atoms with Gasteiger partial charge in [0.2, 0.25) is 0 Å². The fourth-order valence-electron chi connectivity index (χ4n) is 0.839. The largest absolute Gasteiger partial charge is 0.378 e. The summed E-state index contributed by atoms with van der Waals surface area (Å²) in [5.41, 5.74) is 0. The average molecular weight is 257 g/mol. The van der Waals surface area contributed by atoms with Crippen LogP contribution in [-0.4, -0.2) is 37.0 Å². The molecule has 0 spiro atoms. The molecule has 0 aliphatic carbocycles. The molecular formula is C6H12INO2. The van der Waals surface area contributed by atoms with Crippen LogP contribution >= 0.6 is 22.6 Å². The number of nitrogens with one attached hydrogen (secondary N) is 1. The molecule has 1 fully saturated rings. The van der Waals surface area contributed by atoms with Crippen molar-refractivity contribution in [2.45, 2.75) is 10.2 Å². The second-order valence-electron chi connectivity index (χ2n) is 2.26. The molecule has 1 rings (SSSR count). The Kier molecular flexibility index (Phi) is 3.90. The standard InChI is InChI=1S/C6H12INO2/c1-9-5-2-8-3-6(7)10-4-5/h5-6,8H,2-4H2,1H3. The lowest BCUT2D eigenvalue weighted by molar-refractivity contribution is 0.0234. The molecule has 0 saturated carbocycles. The third-order valence-electron chi connectivity index (χ3n) is 1.47. The predicted molar refractivity (Wildman–Crippen MR) is 47.4 cm³/mol. The minimum Gasteiger partial charge on any atom is -0.378 e. The van der Waals surface area contributed by atoms with Gasteiger partial charge in [-0.2, -0.15) is 0 Å². The van der Waals surface area contributed by atoms with Crippen LogP contribution in [0.1, 0.15) is 0 Å². The molecule has 0 aromatic rings. The molecule has 1 aliphatic rings. The summed E-state index contributed by atoms with van der Waals surface area (Å²) in [4.78, 5) is 0. The summed E-state index contributed by atoms with van der Waals surface area (Å²) in [5, 5.41) is 3.24. The zero-order valence-corrected chi connectivity index (χ0v) is 8.13. The van der Waals surface area contributed by atoms with E-state index in [0.29, 0.717) is 6.61 Å². The van der Waals surface area contributed by atoms with Crippen LogP contribution in [0, 0.1) is 0 Å². The SMILES string of the molecule is COC1CNCC(I)OC1. The van der Waals surface area contributed by atoms with Crippen LogP contribution in [-0.2, 0) is 9.47 Å². The molecule has 3 nitrogen and oxygen atoms in total. The molecule has 0 radical (unpaired) electrons. The van der Waals surface area contributed by atoms with E-state index >= 15 is 0 Å². The van der Waals surface area contributed by atoms with Crippen LogP contribution in [0.5, 0.6) is 0 Å². The van der Waals surface area contributed by atoms with Crippen molar-refractivity contribution in [1.29, 1.82) is 0 Å². The lowest BCUT2D eigenvalue weighted by atomic mass is 10.4. The van der Waals surface area contributed by atoms with Crippen LogP contribution in [0.25, 0.3) is 0 Å². The molecule has 2 atom stereocenters. The number of halogens is 1. The minimum atomic E-state index is 0.222. The summed E-state index contributed by atoms with van der Waals surface area (Å²) in [6.07, 6.45) is 0.222. The van der Waals surface area contributed by atoms with Gasteiger partial charge in [0.15, 0.2) is 0 Å². The maximum Gasteiger partial charge on any atom is 0.121 e. The van der Waals surface area contributed by atoms with Crippen molar-refractivity contribution >= 4 is 22.6 Å². The lowest BCUT2D eigenvalue weighted by Gasteiger charge is -2.10. The minimum absolute atomic E-state index is 0.222. The Hall–Kier alpha value is 0.610. The third-order valence-corrected chi connectivity index (χ3v) is 2.27. The zero-order chi connectivity index (χ0) is 7.40. The van der Waals surface area contributed by atoms with Crippen molar-refractivity contribution in [1.82, 2.24) is 5.32 Å². The molecule has 1 N–H and O–H groups in total. The van der Waals surface area contributed by atoms with Crippen molar-refractivity contribution in [3.05, 3.63) is 0 Å². The zero-order valence-electron chi connectivity index (χ0n) is 5.97. The highest BCUT2D eigenvalue weighted by Crippen LogP contribution is 2.06. The summed E-state index contributed by atoms with van der Waals surface area (Å²) in [6.45, 7) is 2.52. The first-order valence-corrected chi connectivity index (χ1v) is 4.56. The maximum absolute atomic E-state index is 5.41. The van der Waals surface area contributed by atoms with Crippen LogP contribution in [0.2, 0.25) is 0 Å². The highest BCUT2D eigenvalue weighted by atomic mass is 127. The van der Waals surface area contributed by atoms with Gasteiger partial charge in [-0.3, -0.25) is 0 Å². The van der Waals surface area contributed by atoms with Crippen LogP contribution < -0.4 is 5.32 Å². The van der Waals surface area contributed by atoms with E-state index in [1.54, 1.807) is 7.11 Å². The van der Waals surface area contributed by atoms with Gasteiger partial charge in [0.1, 0.15) is 4.11 Å². The van der Waals surface area contributed by atoms with Crippen LogP contribution in [0.15, 0.2) is 0 Å².